The monoisotopic (exact) mass is 354 g/mol. The van der Waals surface area contributed by atoms with Gasteiger partial charge < -0.3 is 10.2 Å². The number of H-pyrrole nitrogens is 1. The molecule has 2 heterocycles. The molecule has 3 rings (SSSR count). The SMILES string of the molecule is CCc1ccc([C@@H](C)NC(=O)C[NH+]2CCN(c3cccc[nH+]3)CC2)cc1. The first-order valence-corrected chi connectivity index (χ1v) is 9.59. The minimum Gasteiger partial charge on any atom is -0.345 e. The van der Waals surface area contributed by atoms with Gasteiger partial charge in [-0.15, -0.1) is 0 Å². The van der Waals surface area contributed by atoms with E-state index in [9.17, 15) is 4.79 Å². The topological polar surface area (TPSA) is 50.9 Å². The van der Waals surface area contributed by atoms with Crippen LogP contribution in [0.4, 0.5) is 5.82 Å². The van der Waals surface area contributed by atoms with Crippen LogP contribution in [0.3, 0.4) is 0 Å². The molecule has 1 aromatic carbocycles. The van der Waals surface area contributed by atoms with Crippen molar-refractivity contribution < 1.29 is 14.7 Å². The molecule has 0 bridgehead atoms. The Balaban J connectivity index is 1.45. The second-order valence-electron chi connectivity index (χ2n) is 7.05. The molecule has 138 valence electrons. The minimum absolute atomic E-state index is 0.0491. The van der Waals surface area contributed by atoms with Gasteiger partial charge in [-0.05, 0) is 30.5 Å². The molecule has 2 aromatic rings. The summed E-state index contributed by atoms with van der Waals surface area (Å²) < 4.78 is 0. The summed E-state index contributed by atoms with van der Waals surface area (Å²) in [7, 11) is 0. The maximum atomic E-state index is 12.4. The molecule has 1 aliphatic heterocycles. The third-order valence-corrected chi connectivity index (χ3v) is 5.18. The zero-order valence-electron chi connectivity index (χ0n) is 15.8. The van der Waals surface area contributed by atoms with E-state index in [1.54, 1.807) is 0 Å². The normalized spacial score (nSPS) is 16.3. The van der Waals surface area contributed by atoms with Gasteiger partial charge in [-0.2, -0.15) is 0 Å². The van der Waals surface area contributed by atoms with Crippen LogP contribution in [0.1, 0.15) is 31.0 Å². The van der Waals surface area contributed by atoms with Crippen LogP contribution in [0, 0.1) is 0 Å². The molecular formula is C21H30N4O+2. The Kier molecular flexibility index (Phi) is 6.23. The van der Waals surface area contributed by atoms with E-state index < -0.39 is 0 Å². The molecular weight excluding hydrogens is 324 g/mol. The Morgan fingerprint density at radius 2 is 1.92 bits per heavy atom. The second-order valence-corrected chi connectivity index (χ2v) is 7.05. The molecule has 1 atom stereocenters. The number of nitrogens with zero attached hydrogens (tertiary/aromatic N) is 1. The van der Waals surface area contributed by atoms with Crippen LogP contribution in [0.2, 0.25) is 0 Å². The van der Waals surface area contributed by atoms with Crippen LogP contribution in [0.25, 0.3) is 0 Å². The summed E-state index contributed by atoms with van der Waals surface area (Å²) in [5.74, 6) is 1.28. The molecule has 3 N–H and O–H groups in total. The fraction of sp³-hybridized carbons (Fsp3) is 0.429. The molecule has 5 nitrogen and oxygen atoms in total. The fourth-order valence-electron chi connectivity index (χ4n) is 3.47. The summed E-state index contributed by atoms with van der Waals surface area (Å²) in [5.41, 5.74) is 2.49. The van der Waals surface area contributed by atoms with E-state index in [1.165, 1.54) is 10.5 Å². The van der Waals surface area contributed by atoms with Gasteiger partial charge in [0.2, 0.25) is 0 Å². The van der Waals surface area contributed by atoms with Crippen molar-refractivity contribution in [1.29, 1.82) is 0 Å². The first kappa shape index (κ1) is 18.4. The number of aromatic amines is 1. The molecule has 1 amide bonds. The van der Waals surface area contributed by atoms with Gasteiger partial charge in [0, 0.05) is 6.07 Å². The Morgan fingerprint density at radius 1 is 1.19 bits per heavy atom. The highest BCUT2D eigenvalue weighted by atomic mass is 16.2. The van der Waals surface area contributed by atoms with Crippen LogP contribution in [0.5, 0.6) is 0 Å². The molecule has 1 aromatic heterocycles. The van der Waals surface area contributed by atoms with Crippen LogP contribution >= 0.6 is 0 Å². The predicted octanol–water partition coefficient (Wildman–Crippen LogP) is 0.645. The molecule has 26 heavy (non-hydrogen) atoms. The number of pyridine rings is 1. The molecule has 0 saturated carbocycles. The maximum absolute atomic E-state index is 12.4. The van der Waals surface area contributed by atoms with E-state index in [0.29, 0.717) is 6.54 Å². The number of hydrogen-bond donors (Lipinski definition) is 2. The number of carbonyl (C=O) groups is 1. The average molecular weight is 354 g/mol. The van der Waals surface area contributed by atoms with Crippen molar-refractivity contribution in [3.63, 3.8) is 0 Å². The predicted molar refractivity (Wildman–Crippen MR) is 103 cm³/mol. The van der Waals surface area contributed by atoms with Crippen LogP contribution < -0.4 is 20.1 Å². The van der Waals surface area contributed by atoms with Gasteiger partial charge in [0.1, 0.15) is 26.2 Å². The number of quaternary nitrogens is 1. The fourth-order valence-corrected chi connectivity index (χ4v) is 3.47. The van der Waals surface area contributed by atoms with Crippen molar-refractivity contribution in [2.24, 2.45) is 0 Å². The van der Waals surface area contributed by atoms with Crippen molar-refractivity contribution in [1.82, 2.24) is 5.32 Å². The average Bonchev–Trinajstić information content (AvgIpc) is 2.69. The van der Waals surface area contributed by atoms with Crippen LogP contribution in [0.15, 0.2) is 48.7 Å². The molecule has 0 unspecified atom stereocenters. The van der Waals surface area contributed by atoms with Crippen LogP contribution in [-0.4, -0.2) is 38.6 Å². The summed E-state index contributed by atoms with van der Waals surface area (Å²) >= 11 is 0. The highest BCUT2D eigenvalue weighted by Gasteiger charge is 2.27. The Morgan fingerprint density at radius 3 is 2.54 bits per heavy atom. The lowest BCUT2D eigenvalue weighted by molar-refractivity contribution is -0.892. The number of hydrogen-bond acceptors (Lipinski definition) is 2. The standard InChI is InChI=1S/C21H28N4O/c1-3-18-7-9-19(10-8-18)17(2)23-21(26)16-24-12-14-25(15-13-24)20-6-4-5-11-22-20/h4-11,17H,3,12-16H2,1-2H3,(H,23,26)/p+2/t17-/m1/s1. The lowest BCUT2D eigenvalue weighted by Crippen LogP contribution is -3.16. The molecule has 1 fully saturated rings. The molecule has 5 heteroatoms. The smallest absolute Gasteiger partial charge is 0.275 e. The first-order valence-electron chi connectivity index (χ1n) is 9.59. The summed E-state index contributed by atoms with van der Waals surface area (Å²) in [6.07, 6.45) is 2.99. The number of aromatic nitrogens is 1. The molecule has 0 spiro atoms. The summed E-state index contributed by atoms with van der Waals surface area (Å²) in [5, 5.41) is 3.14. The van der Waals surface area contributed by atoms with Gasteiger partial charge >= 0.3 is 0 Å². The molecule has 1 saturated heterocycles. The summed E-state index contributed by atoms with van der Waals surface area (Å²) in [6, 6.07) is 14.7. The largest absolute Gasteiger partial charge is 0.345 e. The van der Waals surface area contributed by atoms with Gasteiger partial charge in [0.25, 0.3) is 11.7 Å². The van der Waals surface area contributed by atoms with Crippen molar-refractivity contribution in [3.8, 4) is 0 Å². The van der Waals surface area contributed by atoms with Gasteiger partial charge in [-0.25, -0.2) is 4.98 Å². The van der Waals surface area contributed by atoms with Crippen molar-refractivity contribution in [2.75, 3.05) is 37.6 Å². The van der Waals surface area contributed by atoms with E-state index in [4.69, 9.17) is 0 Å². The summed E-state index contributed by atoms with van der Waals surface area (Å²) in [4.78, 5) is 19.4. The number of amides is 1. The first-order chi connectivity index (χ1) is 12.7. The molecule has 0 radical (unpaired) electrons. The number of piperazine rings is 1. The van der Waals surface area contributed by atoms with Crippen molar-refractivity contribution >= 4 is 11.7 Å². The second kappa shape index (κ2) is 8.81. The minimum atomic E-state index is 0.0491. The number of nitrogens with one attached hydrogen (secondary N) is 3. The Bertz CT molecular complexity index is 694. The van der Waals surface area contributed by atoms with Gasteiger partial charge in [0.05, 0.1) is 12.2 Å². The van der Waals surface area contributed by atoms with E-state index in [1.807, 2.05) is 18.3 Å². The Labute approximate surface area is 156 Å². The zero-order valence-corrected chi connectivity index (χ0v) is 15.8. The third kappa shape index (κ3) is 4.82. The summed E-state index contributed by atoms with van der Waals surface area (Å²) in [6.45, 7) is 8.65. The molecule has 1 aliphatic rings. The van der Waals surface area contributed by atoms with E-state index in [2.05, 4.69) is 59.4 Å². The van der Waals surface area contributed by atoms with Gasteiger partial charge in [0.15, 0.2) is 6.54 Å². The number of aryl methyl sites for hydroxylation is 1. The van der Waals surface area contributed by atoms with Gasteiger partial charge in [-0.3, -0.25) is 9.69 Å². The highest BCUT2D eigenvalue weighted by molar-refractivity contribution is 5.77. The number of benzene rings is 1. The Hall–Kier alpha value is -2.40. The number of carbonyl (C=O) groups excluding carboxylic acids is 1. The lowest BCUT2D eigenvalue weighted by atomic mass is 10.1. The zero-order chi connectivity index (χ0) is 18.4. The number of rotatable bonds is 6. The quantitative estimate of drug-likeness (QED) is 0.800. The van der Waals surface area contributed by atoms with Crippen LogP contribution in [-0.2, 0) is 11.2 Å². The van der Waals surface area contributed by atoms with Crippen molar-refractivity contribution in [2.45, 2.75) is 26.3 Å². The van der Waals surface area contributed by atoms with E-state index in [-0.39, 0.29) is 11.9 Å². The van der Waals surface area contributed by atoms with Crippen molar-refractivity contribution in [3.05, 3.63) is 59.8 Å². The van der Waals surface area contributed by atoms with Gasteiger partial charge in [-0.1, -0.05) is 37.3 Å². The maximum Gasteiger partial charge on any atom is 0.275 e. The van der Waals surface area contributed by atoms with E-state index in [0.717, 1.165) is 44.0 Å². The molecule has 0 aliphatic carbocycles. The third-order valence-electron chi connectivity index (χ3n) is 5.18. The van der Waals surface area contributed by atoms with E-state index >= 15 is 0 Å². The highest BCUT2D eigenvalue weighted by Crippen LogP contribution is 2.13. The lowest BCUT2D eigenvalue weighted by Gasteiger charge is -2.28. The number of anilines is 1.